The average Bonchev–Trinajstić information content (AvgIpc) is 2.44. The highest BCUT2D eigenvalue weighted by atomic mass is 19.1. The Morgan fingerprint density at radius 2 is 1.89 bits per heavy atom. The molecule has 2 aliphatic rings. The minimum atomic E-state index is -0.537. The van der Waals surface area contributed by atoms with Gasteiger partial charge in [0.05, 0.1) is 6.04 Å². The third kappa shape index (κ3) is 2.08. The van der Waals surface area contributed by atoms with E-state index in [-0.39, 0.29) is 11.9 Å². The largest absolute Gasteiger partial charge is 0.327 e. The molecule has 1 aromatic carbocycles. The van der Waals surface area contributed by atoms with Crippen LogP contribution in [-0.2, 0) is 9.59 Å². The van der Waals surface area contributed by atoms with Crippen LogP contribution in [0.4, 0.5) is 10.1 Å². The molecule has 2 saturated heterocycles. The van der Waals surface area contributed by atoms with Crippen LogP contribution < -0.4 is 10.2 Å². The molecule has 1 aromatic rings. The highest BCUT2D eigenvalue weighted by molar-refractivity contribution is 6.41. The molecule has 0 aromatic heterocycles. The van der Waals surface area contributed by atoms with Crippen molar-refractivity contribution in [3.05, 3.63) is 30.1 Å². The fourth-order valence-corrected chi connectivity index (χ4v) is 2.57. The van der Waals surface area contributed by atoms with Crippen LogP contribution >= 0.6 is 0 Å². The maximum absolute atomic E-state index is 12.9. The van der Waals surface area contributed by atoms with Crippen LogP contribution in [0, 0.1) is 5.82 Å². The lowest BCUT2D eigenvalue weighted by molar-refractivity contribution is -0.149. The Labute approximate surface area is 110 Å². The summed E-state index contributed by atoms with van der Waals surface area (Å²) in [6.07, 6.45) is 0. The number of nitrogens with zero attached hydrogens (tertiary/aromatic N) is 2. The first kappa shape index (κ1) is 12.1. The van der Waals surface area contributed by atoms with Crippen LogP contribution in [0.25, 0.3) is 0 Å². The van der Waals surface area contributed by atoms with Crippen molar-refractivity contribution in [2.45, 2.75) is 6.04 Å². The topological polar surface area (TPSA) is 52.7 Å². The van der Waals surface area contributed by atoms with Crippen molar-refractivity contribution < 1.29 is 14.0 Å². The number of piperazine rings is 2. The van der Waals surface area contributed by atoms with Gasteiger partial charge in [-0.1, -0.05) is 0 Å². The van der Waals surface area contributed by atoms with E-state index in [1.54, 1.807) is 4.90 Å². The van der Waals surface area contributed by atoms with E-state index >= 15 is 0 Å². The number of hydrogen-bond donors (Lipinski definition) is 1. The highest BCUT2D eigenvalue weighted by Gasteiger charge is 2.40. The summed E-state index contributed by atoms with van der Waals surface area (Å²) in [6, 6.07) is 5.61. The highest BCUT2D eigenvalue weighted by Crippen LogP contribution is 2.21. The number of amides is 2. The Morgan fingerprint density at radius 3 is 2.63 bits per heavy atom. The Morgan fingerprint density at radius 1 is 1.16 bits per heavy atom. The molecule has 1 N–H and O–H groups in total. The van der Waals surface area contributed by atoms with Crippen LogP contribution in [0.5, 0.6) is 0 Å². The second-order valence-corrected chi connectivity index (χ2v) is 4.75. The molecule has 2 amide bonds. The smallest absolute Gasteiger partial charge is 0.316 e. The van der Waals surface area contributed by atoms with E-state index in [2.05, 4.69) is 5.32 Å². The van der Waals surface area contributed by atoms with Crippen molar-refractivity contribution in [3.8, 4) is 0 Å². The van der Waals surface area contributed by atoms with Gasteiger partial charge in [0, 0.05) is 31.9 Å². The molecule has 2 fully saturated rings. The SMILES string of the molecule is O=C1C(=O)N2CCNCC2CN1c1ccc(F)cc1. The zero-order chi connectivity index (χ0) is 13.4. The number of nitrogens with one attached hydrogen (secondary N) is 1. The van der Waals surface area contributed by atoms with E-state index in [4.69, 9.17) is 0 Å². The molecule has 0 aliphatic carbocycles. The number of fused-ring (bicyclic) bond motifs is 1. The lowest BCUT2D eigenvalue weighted by Crippen LogP contribution is -2.65. The van der Waals surface area contributed by atoms with Gasteiger partial charge in [-0.05, 0) is 24.3 Å². The molecule has 1 atom stereocenters. The van der Waals surface area contributed by atoms with Gasteiger partial charge in [0.15, 0.2) is 0 Å². The van der Waals surface area contributed by atoms with Crippen molar-refractivity contribution in [3.63, 3.8) is 0 Å². The van der Waals surface area contributed by atoms with Crippen LogP contribution in [0.15, 0.2) is 24.3 Å². The van der Waals surface area contributed by atoms with Crippen LogP contribution in [-0.4, -0.2) is 48.9 Å². The number of carbonyl (C=O) groups excluding carboxylic acids is 2. The van der Waals surface area contributed by atoms with Crippen LogP contribution in [0.1, 0.15) is 0 Å². The minimum absolute atomic E-state index is 0.0102. The monoisotopic (exact) mass is 263 g/mol. The maximum Gasteiger partial charge on any atom is 0.316 e. The van der Waals surface area contributed by atoms with Crippen molar-refractivity contribution >= 4 is 17.5 Å². The standard InChI is InChI=1S/C13H14FN3O2/c14-9-1-3-10(4-2-9)17-8-11-7-15-5-6-16(11)12(18)13(17)19/h1-4,11,15H,5-8H2. The van der Waals surface area contributed by atoms with Crippen molar-refractivity contribution in [2.75, 3.05) is 31.1 Å². The molecule has 0 bridgehead atoms. The van der Waals surface area contributed by atoms with Gasteiger partial charge in [0.2, 0.25) is 0 Å². The zero-order valence-corrected chi connectivity index (χ0v) is 10.3. The summed E-state index contributed by atoms with van der Waals surface area (Å²) in [4.78, 5) is 27.2. The first-order valence-electron chi connectivity index (χ1n) is 6.25. The molecular weight excluding hydrogens is 249 g/mol. The van der Waals surface area contributed by atoms with Gasteiger partial charge in [-0.3, -0.25) is 9.59 Å². The second-order valence-electron chi connectivity index (χ2n) is 4.75. The zero-order valence-electron chi connectivity index (χ0n) is 10.3. The fourth-order valence-electron chi connectivity index (χ4n) is 2.57. The number of anilines is 1. The second kappa shape index (κ2) is 4.62. The number of carbonyl (C=O) groups is 2. The van der Waals surface area contributed by atoms with Gasteiger partial charge in [-0.15, -0.1) is 0 Å². The Bertz CT molecular complexity index is 517. The number of hydrogen-bond acceptors (Lipinski definition) is 3. The molecular formula is C13H14FN3O2. The predicted molar refractivity (Wildman–Crippen MR) is 67.1 cm³/mol. The summed E-state index contributed by atoms with van der Waals surface area (Å²) in [7, 11) is 0. The van der Waals surface area contributed by atoms with E-state index in [0.717, 1.165) is 0 Å². The summed E-state index contributed by atoms with van der Waals surface area (Å²) < 4.78 is 12.9. The molecule has 2 heterocycles. The van der Waals surface area contributed by atoms with Gasteiger partial charge >= 0.3 is 11.8 Å². The molecule has 1 unspecified atom stereocenters. The van der Waals surface area contributed by atoms with E-state index in [9.17, 15) is 14.0 Å². The summed E-state index contributed by atoms with van der Waals surface area (Å²) in [5.41, 5.74) is 0.560. The summed E-state index contributed by atoms with van der Waals surface area (Å²) in [6.45, 7) is 2.40. The van der Waals surface area contributed by atoms with Gasteiger partial charge in [0.25, 0.3) is 0 Å². The molecule has 2 aliphatic heterocycles. The normalized spacial score (nSPS) is 23.5. The first-order chi connectivity index (χ1) is 9.16. The van der Waals surface area contributed by atoms with Crippen molar-refractivity contribution in [1.29, 1.82) is 0 Å². The van der Waals surface area contributed by atoms with Gasteiger partial charge < -0.3 is 15.1 Å². The number of rotatable bonds is 1. The van der Waals surface area contributed by atoms with Crippen molar-refractivity contribution in [2.24, 2.45) is 0 Å². The molecule has 100 valence electrons. The Hall–Kier alpha value is -1.95. The predicted octanol–water partition coefficient (Wildman–Crippen LogP) is -0.0273. The lowest BCUT2D eigenvalue weighted by Gasteiger charge is -2.43. The number of benzene rings is 1. The first-order valence-corrected chi connectivity index (χ1v) is 6.25. The average molecular weight is 263 g/mol. The molecule has 3 rings (SSSR count). The summed E-state index contributed by atoms with van der Waals surface area (Å²) in [5.74, 6) is -1.37. The van der Waals surface area contributed by atoms with E-state index in [1.165, 1.54) is 29.2 Å². The summed E-state index contributed by atoms with van der Waals surface area (Å²) in [5, 5.41) is 3.21. The third-order valence-corrected chi connectivity index (χ3v) is 3.57. The van der Waals surface area contributed by atoms with Crippen LogP contribution in [0.2, 0.25) is 0 Å². The molecule has 0 radical (unpaired) electrons. The van der Waals surface area contributed by atoms with Gasteiger partial charge in [0.1, 0.15) is 5.82 Å². The van der Waals surface area contributed by atoms with Gasteiger partial charge in [-0.25, -0.2) is 4.39 Å². The quantitative estimate of drug-likeness (QED) is 0.724. The van der Waals surface area contributed by atoms with E-state index < -0.39 is 11.8 Å². The molecule has 6 heteroatoms. The summed E-state index contributed by atoms with van der Waals surface area (Å²) >= 11 is 0. The molecule has 0 saturated carbocycles. The Kier molecular flexibility index (Phi) is 2.94. The fraction of sp³-hybridized carbons (Fsp3) is 0.385. The Balaban J connectivity index is 1.88. The maximum atomic E-state index is 12.9. The van der Waals surface area contributed by atoms with Crippen LogP contribution in [0.3, 0.4) is 0 Å². The van der Waals surface area contributed by atoms with E-state index in [1.807, 2.05) is 0 Å². The molecule has 5 nitrogen and oxygen atoms in total. The number of halogens is 1. The van der Waals surface area contributed by atoms with E-state index in [0.29, 0.717) is 31.9 Å². The third-order valence-electron chi connectivity index (χ3n) is 3.57. The van der Waals surface area contributed by atoms with Crippen molar-refractivity contribution in [1.82, 2.24) is 10.2 Å². The lowest BCUT2D eigenvalue weighted by atomic mass is 10.1. The molecule has 0 spiro atoms. The van der Waals surface area contributed by atoms with Gasteiger partial charge in [-0.2, -0.15) is 0 Å². The molecule has 19 heavy (non-hydrogen) atoms. The minimum Gasteiger partial charge on any atom is -0.327 e.